The van der Waals surface area contributed by atoms with E-state index >= 15 is 0 Å². The van der Waals surface area contributed by atoms with Crippen LogP contribution in [0, 0.1) is 0 Å². The van der Waals surface area contributed by atoms with Crippen molar-refractivity contribution < 1.29 is 9.32 Å². The minimum Gasteiger partial charge on any atom is -0.394 e. The number of aliphatic hydroxyl groups is 1. The number of piperidine rings is 1. The number of hydrogen-bond acceptors (Lipinski definition) is 6. The molecule has 2 fully saturated rings. The van der Waals surface area contributed by atoms with Gasteiger partial charge in [0.1, 0.15) is 17.0 Å². The number of fused-ring (bicyclic) bond motifs is 1. The highest BCUT2D eigenvalue weighted by Crippen LogP contribution is 2.38. The van der Waals surface area contributed by atoms with Crippen molar-refractivity contribution in [1.29, 1.82) is 0 Å². The van der Waals surface area contributed by atoms with E-state index in [0.717, 1.165) is 61.7 Å². The number of aliphatic hydroxyl groups excluding tert-OH is 1. The summed E-state index contributed by atoms with van der Waals surface area (Å²) >= 11 is 6.05. The largest absolute Gasteiger partial charge is 0.394 e. The predicted molar refractivity (Wildman–Crippen MR) is 128 cm³/mol. The maximum atomic E-state index is 12.7. The van der Waals surface area contributed by atoms with E-state index in [1.165, 1.54) is 5.56 Å². The van der Waals surface area contributed by atoms with Crippen LogP contribution in [0.4, 0.5) is 11.8 Å². The average molecular weight is 474 g/mol. The first-order chi connectivity index (χ1) is 15.5. The van der Waals surface area contributed by atoms with E-state index in [1.54, 1.807) is 18.8 Å². The Morgan fingerprint density at radius 2 is 1.97 bits per heavy atom. The summed E-state index contributed by atoms with van der Waals surface area (Å²) in [5.74, 6) is 1.90. The van der Waals surface area contributed by atoms with E-state index in [4.69, 9.17) is 16.6 Å². The molecule has 1 atom stereocenters. The first-order valence-electron chi connectivity index (χ1n) is 11.1. The minimum atomic E-state index is -1.25. The summed E-state index contributed by atoms with van der Waals surface area (Å²) in [5, 5.41) is 14.2. The van der Waals surface area contributed by atoms with Gasteiger partial charge in [-0.3, -0.25) is 8.61 Å². The van der Waals surface area contributed by atoms with Crippen molar-refractivity contribution in [2.45, 2.75) is 48.5 Å². The molecule has 0 radical (unpaired) electrons. The fourth-order valence-electron chi connectivity index (χ4n) is 4.86. The second kappa shape index (κ2) is 8.65. The number of halogens is 1. The summed E-state index contributed by atoms with van der Waals surface area (Å²) in [7, 11) is -1.25. The van der Waals surface area contributed by atoms with Crippen LogP contribution in [0.5, 0.6) is 0 Å². The van der Waals surface area contributed by atoms with Gasteiger partial charge in [-0.15, -0.1) is 0 Å². The molecule has 2 aromatic heterocycles. The molecule has 7 nitrogen and oxygen atoms in total. The maximum absolute atomic E-state index is 12.7. The van der Waals surface area contributed by atoms with Crippen molar-refractivity contribution in [2.24, 2.45) is 0 Å². The Labute approximate surface area is 195 Å². The zero-order valence-electron chi connectivity index (χ0n) is 18.1. The number of nitrogens with zero attached hydrogens (tertiary/aromatic N) is 4. The van der Waals surface area contributed by atoms with Crippen molar-refractivity contribution in [3.05, 3.63) is 47.4 Å². The number of hydrogen-bond donors (Lipinski definition) is 2. The fourth-order valence-corrected chi connectivity index (χ4v) is 5.81. The summed E-state index contributed by atoms with van der Waals surface area (Å²) in [6.45, 7) is 1.77. The monoisotopic (exact) mass is 473 g/mol. The lowest BCUT2D eigenvalue weighted by Gasteiger charge is -2.42. The van der Waals surface area contributed by atoms with Gasteiger partial charge in [0.05, 0.1) is 34.7 Å². The van der Waals surface area contributed by atoms with Crippen molar-refractivity contribution in [2.75, 3.05) is 36.2 Å². The van der Waals surface area contributed by atoms with Crippen LogP contribution in [-0.2, 0) is 10.8 Å². The Morgan fingerprint density at radius 1 is 1.25 bits per heavy atom. The molecule has 32 heavy (non-hydrogen) atoms. The summed E-state index contributed by atoms with van der Waals surface area (Å²) in [6.07, 6.45) is 10.0. The third kappa shape index (κ3) is 3.89. The molecule has 3 aromatic rings. The number of imidazole rings is 1. The first-order valence-corrected chi connectivity index (χ1v) is 13.0. The molecule has 1 saturated heterocycles. The van der Waals surface area contributed by atoms with Crippen LogP contribution in [0.3, 0.4) is 0 Å². The molecule has 0 spiro atoms. The lowest BCUT2D eigenvalue weighted by molar-refractivity contribution is 0.143. The lowest BCUT2D eigenvalue weighted by atomic mass is 9.77. The van der Waals surface area contributed by atoms with Gasteiger partial charge >= 0.3 is 0 Å². The molecule has 1 aliphatic carbocycles. The Hall–Kier alpha value is -2.16. The Bertz CT molecular complexity index is 1130. The van der Waals surface area contributed by atoms with Crippen LogP contribution < -0.4 is 10.2 Å². The molecule has 2 aliphatic rings. The Morgan fingerprint density at radius 3 is 2.56 bits per heavy atom. The van der Waals surface area contributed by atoms with Crippen molar-refractivity contribution in [1.82, 2.24) is 14.4 Å². The zero-order valence-corrected chi connectivity index (χ0v) is 19.7. The second-order valence-corrected chi connectivity index (χ2v) is 10.7. The smallest absolute Gasteiger partial charge is 0.213 e. The van der Waals surface area contributed by atoms with Gasteiger partial charge in [-0.2, -0.15) is 4.98 Å². The third-order valence-corrected chi connectivity index (χ3v) is 8.15. The maximum Gasteiger partial charge on any atom is 0.213 e. The van der Waals surface area contributed by atoms with E-state index in [0.29, 0.717) is 16.6 Å². The SMILES string of the molecule is CS(=O)c1c(NC2(CO)CCC2)nc(N2CCC(c3ccc(Cl)cc3)CC2)n2cncc12. The molecule has 1 aromatic carbocycles. The van der Waals surface area contributed by atoms with Gasteiger partial charge in [-0.25, -0.2) is 4.98 Å². The Kier molecular flexibility index (Phi) is 5.86. The first kappa shape index (κ1) is 21.7. The van der Waals surface area contributed by atoms with Crippen LogP contribution in [-0.4, -0.2) is 55.2 Å². The predicted octanol–water partition coefficient (Wildman–Crippen LogP) is 3.83. The van der Waals surface area contributed by atoms with Gasteiger partial charge in [0.15, 0.2) is 0 Å². The molecule has 1 aliphatic heterocycles. The van der Waals surface area contributed by atoms with Crippen LogP contribution in [0.1, 0.15) is 43.6 Å². The molecule has 1 saturated carbocycles. The molecule has 5 rings (SSSR count). The Balaban J connectivity index is 1.46. The number of benzene rings is 1. The molecular weight excluding hydrogens is 446 g/mol. The van der Waals surface area contributed by atoms with Gasteiger partial charge in [-0.1, -0.05) is 23.7 Å². The standard InChI is InChI=1S/C23H28ClN5O2S/c1-32(31)20-19-13-25-15-29(19)22(26-21(20)27-23(14-30)9-2-10-23)28-11-7-17(8-12-28)16-3-5-18(24)6-4-16/h3-6,13,15,17,27,30H,2,7-12,14H2,1H3. The second-order valence-electron chi connectivity index (χ2n) is 8.92. The number of nitrogens with one attached hydrogen (secondary N) is 1. The van der Waals surface area contributed by atoms with E-state index in [9.17, 15) is 9.32 Å². The highest BCUT2D eigenvalue weighted by atomic mass is 35.5. The molecule has 0 bridgehead atoms. The highest BCUT2D eigenvalue weighted by molar-refractivity contribution is 7.84. The van der Waals surface area contributed by atoms with Gasteiger partial charge in [0.25, 0.3) is 0 Å². The van der Waals surface area contributed by atoms with Crippen LogP contribution in [0.2, 0.25) is 5.02 Å². The molecule has 9 heteroatoms. The lowest BCUT2D eigenvalue weighted by Crippen LogP contribution is -2.49. The van der Waals surface area contributed by atoms with Gasteiger partial charge in [-0.05, 0) is 55.7 Å². The van der Waals surface area contributed by atoms with Crippen LogP contribution in [0.15, 0.2) is 41.7 Å². The minimum absolute atomic E-state index is 0.0384. The van der Waals surface area contributed by atoms with Crippen LogP contribution in [0.25, 0.3) is 5.52 Å². The third-order valence-electron chi connectivity index (χ3n) is 6.92. The van der Waals surface area contributed by atoms with Gasteiger partial charge < -0.3 is 15.3 Å². The summed E-state index contributed by atoms with van der Waals surface area (Å²) in [6, 6.07) is 8.16. The number of rotatable bonds is 6. The van der Waals surface area contributed by atoms with E-state index in [-0.39, 0.29) is 12.1 Å². The van der Waals surface area contributed by atoms with Gasteiger partial charge in [0, 0.05) is 24.4 Å². The number of aromatic nitrogens is 3. The van der Waals surface area contributed by atoms with Gasteiger partial charge in [0.2, 0.25) is 5.95 Å². The highest BCUT2D eigenvalue weighted by Gasteiger charge is 2.38. The fraction of sp³-hybridized carbons (Fsp3) is 0.478. The summed E-state index contributed by atoms with van der Waals surface area (Å²) < 4.78 is 14.6. The molecular formula is C23H28ClN5O2S. The van der Waals surface area contributed by atoms with Crippen molar-refractivity contribution in [3.8, 4) is 0 Å². The van der Waals surface area contributed by atoms with Crippen molar-refractivity contribution in [3.63, 3.8) is 0 Å². The number of anilines is 2. The normalized spacial score (nSPS) is 19.7. The summed E-state index contributed by atoms with van der Waals surface area (Å²) in [5.41, 5.74) is 1.74. The molecule has 170 valence electrons. The molecule has 2 N–H and O–H groups in total. The molecule has 3 heterocycles. The molecule has 0 amide bonds. The summed E-state index contributed by atoms with van der Waals surface area (Å²) in [4.78, 5) is 12.2. The zero-order chi connectivity index (χ0) is 22.3. The topological polar surface area (TPSA) is 82.8 Å². The van der Waals surface area contributed by atoms with E-state index in [2.05, 4.69) is 27.3 Å². The van der Waals surface area contributed by atoms with Crippen LogP contribution >= 0.6 is 11.6 Å². The molecule has 1 unspecified atom stereocenters. The average Bonchev–Trinajstić information content (AvgIpc) is 3.25. The van der Waals surface area contributed by atoms with Crippen molar-refractivity contribution >= 4 is 39.7 Å². The van der Waals surface area contributed by atoms with E-state index < -0.39 is 10.8 Å². The van der Waals surface area contributed by atoms with E-state index in [1.807, 2.05) is 16.5 Å². The quantitative estimate of drug-likeness (QED) is 0.566.